The fourth-order valence-corrected chi connectivity index (χ4v) is 5.25. The maximum atomic E-state index is 16.3. The van der Waals surface area contributed by atoms with Gasteiger partial charge in [-0.1, -0.05) is 41.5 Å². The van der Waals surface area contributed by atoms with Gasteiger partial charge in [-0.25, -0.2) is 18.1 Å². The van der Waals surface area contributed by atoms with Crippen LogP contribution in [0.25, 0.3) is 0 Å². The molecular formula is C25H33F2N2O10P. The summed E-state index contributed by atoms with van der Waals surface area (Å²) in [6.07, 6.45) is -8.46. The lowest BCUT2D eigenvalue weighted by atomic mass is 9.78. The first-order chi connectivity index (χ1) is 19.4. The van der Waals surface area contributed by atoms with Gasteiger partial charge < -0.3 is 24.6 Å². The standard InChI is InChI=1S/C25H33F2N2O10P/c1-23(2,3)14-7-15(24(4,5)6)18-13(16(14)26)10-36-40(35,39-18)37-11-25(27)19(32)17(31)21(38-25)29-8-12(9-30)20(33)28-22(29)34/h7-8,17,19,21,30-32H,9-11H2,1-6H3,(H,28,33,34)/t17-,19+,21-,25-,40?/m1/s1/i11D2,21D. The lowest BCUT2D eigenvalue weighted by molar-refractivity contribution is -0.205. The second-order valence-electron chi connectivity index (χ2n) is 11.5. The third kappa shape index (κ3) is 5.41. The van der Waals surface area contributed by atoms with E-state index in [0.29, 0.717) is 17.3 Å². The van der Waals surface area contributed by atoms with Crippen LogP contribution in [-0.2, 0) is 42.4 Å². The fraction of sp³-hybridized carbons (Fsp3) is 0.600. The number of fused-ring (bicyclic) bond motifs is 1. The molecule has 2 aliphatic heterocycles. The van der Waals surface area contributed by atoms with Gasteiger partial charge in [0.25, 0.3) is 11.4 Å². The van der Waals surface area contributed by atoms with Crippen molar-refractivity contribution < 1.29 is 51.1 Å². The van der Waals surface area contributed by atoms with Crippen LogP contribution in [0, 0.1) is 5.82 Å². The molecule has 0 aliphatic carbocycles. The Hall–Kier alpha value is -2.45. The molecule has 12 nitrogen and oxygen atoms in total. The Balaban J connectivity index is 1.74. The van der Waals surface area contributed by atoms with Crippen molar-refractivity contribution >= 4 is 7.82 Å². The summed E-state index contributed by atoms with van der Waals surface area (Å²) in [5.41, 5.74) is -3.93. The number of alkyl halides is 1. The van der Waals surface area contributed by atoms with Crippen LogP contribution in [0.2, 0.25) is 0 Å². The molecule has 0 spiro atoms. The number of phosphoric ester groups is 1. The molecule has 1 unspecified atom stereocenters. The van der Waals surface area contributed by atoms with Gasteiger partial charge >= 0.3 is 13.5 Å². The van der Waals surface area contributed by atoms with E-state index in [4.69, 9.17) is 22.4 Å². The largest absolute Gasteiger partial charge is 0.530 e. The van der Waals surface area contributed by atoms with Gasteiger partial charge in [0.1, 0.15) is 30.3 Å². The lowest BCUT2D eigenvalue weighted by Crippen LogP contribution is -2.43. The number of rotatable bonds is 5. The van der Waals surface area contributed by atoms with Crippen LogP contribution < -0.4 is 15.8 Å². The highest BCUT2D eigenvalue weighted by molar-refractivity contribution is 7.49. The van der Waals surface area contributed by atoms with Crippen molar-refractivity contribution in [2.24, 2.45) is 0 Å². The average Bonchev–Trinajstić information content (AvgIpc) is 3.03. The maximum Gasteiger partial charge on any atom is 0.530 e. The summed E-state index contributed by atoms with van der Waals surface area (Å²) in [7, 11) is -5.19. The number of hydrogen-bond donors (Lipinski definition) is 4. The topological polar surface area (TPSA) is 170 Å². The Morgan fingerprint density at radius 3 is 2.45 bits per heavy atom. The minimum atomic E-state index is -5.19. The molecule has 3 heterocycles. The molecule has 1 aromatic heterocycles. The van der Waals surface area contributed by atoms with Crippen molar-refractivity contribution in [3.05, 3.63) is 61.2 Å². The number of phosphoric acid groups is 1. The zero-order valence-corrected chi connectivity index (χ0v) is 23.5. The number of halogens is 2. The summed E-state index contributed by atoms with van der Waals surface area (Å²) in [4.78, 5) is 25.9. The van der Waals surface area contributed by atoms with E-state index in [9.17, 15) is 29.5 Å². The summed E-state index contributed by atoms with van der Waals surface area (Å²) < 4.78 is 90.6. The Morgan fingerprint density at radius 2 is 1.88 bits per heavy atom. The molecule has 0 amide bonds. The van der Waals surface area contributed by atoms with Gasteiger partial charge in [0.15, 0.2) is 6.20 Å². The predicted octanol–water partition coefficient (Wildman–Crippen LogP) is 2.41. The van der Waals surface area contributed by atoms with E-state index < -0.39 is 85.3 Å². The molecule has 222 valence electrons. The number of nitrogens with one attached hydrogen (secondary N) is 1. The van der Waals surface area contributed by atoms with Crippen LogP contribution in [0.15, 0.2) is 21.9 Å². The van der Waals surface area contributed by atoms with Crippen molar-refractivity contribution in [1.29, 1.82) is 0 Å². The fourth-order valence-electron chi connectivity index (χ4n) is 4.15. The third-order valence-electron chi connectivity index (χ3n) is 6.40. The van der Waals surface area contributed by atoms with Crippen LogP contribution >= 0.6 is 7.82 Å². The second kappa shape index (κ2) is 10.1. The molecule has 40 heavy (non-hydrogen) atoms. The SMILES string of the molecule is [2H]C([2H])(OP1(=O)OCc2c(F)c(C(C)(C)C)cc(C(C)(C)C)c2O1)[C@@]1(F)O[C@@]([2H])(n2cc(CO)c(=O)[nH]c2=O)[C@H](O)[C@@H]1O. The van der Waals surface area contributed by atoms with Crippen molar-refractivity contribution in [2.75, 3.05) is 6.56 Å². The van der Waals surface area contributed by atoms with Gasteiger partial charge in [-0.2, -0.15) is 0 Å². The van der Waals surface area contributed by atoms with Crippen LogP contribution in [0.1, 0.15) is 74.1 Å². The van der Waals surface area contributed by atoms with Crippen molar-refractivity contribution in [1.82, 2.24) is 9.55 Å². The number of H-pyrrole nitrogens is 1. The molecule has 2 aromatic rings. The van der Waals surface area contributed by atoms with E-state index in [1.807, 2.05) is 0 Å². The number of aliphatic hydroxyl groups is 3. The Labute approximate surface area is 232 Å². The van der Waals surface area contributed by atoms with Gasteiger partial charge in [-0.3, -0.25) is 23.4 Å². The minimum Gasteiger partial charge on any atom is -0.403 e. The van der Waals surface area contributed by atoms with Gasteiger partial charge in [0.2, 0.25) is 0 Å². The predicted molar refractivity (Wildman–Crippen MR) is 136 cm³/mol. The molecule has 4 N–H and O–H groups in total. The van der Waals surface area contributed by atoms with Crippen molar-refractivity contribution in [2.45, 2.75) is 89.9 Å². The monoisotopic (exact) mass is 593 g/mol. The summed E-state index contributed by atoms with van der Waals surface area (Å²) in [6, 6.07) is 1.51. The van der Waals surface area contributed by atoms with E-state index in [-0.39, 0.29) is 15.9 Å². The van der Waals surface area contributed by atoms with E-state index >= 15 is 8.78 Å². The first kappa shape index (κ1) is 26.4. The molecule has 0 bridgehead atoms. The summed E-state index contributed by atoms with van der Waals surface area (Å²) in [6.45, 7) is 4.87. The van der Waals surface area contributed by atoms with Crippen LogP contribution in [0.4, 0.5) is 8.78 Å². The molecule has 15 heteroatoms. The van der Waals surface area contributed by atoms with Gasteiger partial charge in [0.05, 0.1) is 28.5 Å². The minimum absolute atomic E-state index is 0.113. The molecule has 1 aromatic carbocycles. The molecule has 2 aliphatic rings. The van der Waals surface area contributed by atoms with Gasteiger partial charge in [-0.05, 0) is 22.5 Å². The average molecular weight is 594 g/mol. The zero-order chi connectivity index (χ0) is 32.7. The van der Waals surface area contributed by atoms with Crippen LogP contribution in [0.3, 0.4) is 0 Å². The van der Waals surface area contributed by atoms with Gasteiger partial charge in [0, 0.05) is 11.8 Å². The number of ether oxygens (including phenoxy) is 1. The summed E-state index contributed by atoms with van der Waals surface area (Å²) in [5.74, 6) is -5.23. The molecule has 4 rings (SSSR count). The van der Waals surface area contributed by atoms with Crippen molar-refractivity contribution in [3.63, 3.8) is 0 Å². The molecule has 1 saturated heterocycles. The maximum absolute atomic E-state index is 16.3. The number of aromatic nitrogens is 2. The van der Waals surface area contributed by atoms with E-state index in [1.54, 1.807) is 46.5 Å². The quantitative estimate of drug-likeness (QED) is 0.378. The summed E-state index contributed by atoms with van der Waals surface area (Å²) in [5, 5.41) is 30.4. The number of nitrogens with zero attached hydrogens (tertiary/aromatic N) is 1. The van der Waals surface area contributed by atoms with Gasteiger partial charge in [-0.15, -0.1) is 0 Å². The van der Waals surface area contributed by atoms with Crippen LogP contribution in [0.5, 0.6) is 5.75 Å². The van der Waals surface area contributed by atoms with E-state index in [1.165, 1.54) is 6.07 Å². The first-order valence-corrected chi connectivity index (χ1v) is 13.6. The van der Waals surface area contributed by atoms with Crippen molar-refractivity contribution in [3.8, 4) is 5.75 Å². The second-order valence-corrected chi connectivity index (χ2v) is 13.0. The molecular weight excluding hydrogens is 557 g/mol. The highest BCUT2D eigenvalue weighted by Gasteiger charge is 2.58. The van der Waals surface area contributed by atoms with E-state index in [0.717, 1.165) is 0 Å². The molecule has 1 fully saturated rings. The highest BCUT2D eigenvalue weighted by atomic mass is 31.2. The molecule has 0 saturated carbocycles. The Morgan fingerprint density at radius 1 is 1.25 bits per heavy atom. The number of benzene rings is 1. The normalized spacial score (nSPS) is 32.1. The van der Waals surface area contributed by atoms with Crippen LogP contribution in [-0.4, -0.2) is 49.5 Å². The lowest BCUT2D eigenvalue weighted by Gasteiger charge is -2.34. The number of hydrogen-bond acceptors (Lipinski definition) is 10. The third-order valence-corrected chi connectivity index (χ3v) is 7.57. The number of aromatic amines is 1. The zero-order valence-electron chi connectivity index (χ0n) is 25.6. The smallest absolute Gasteiger partial charge is 0.403 e. The first-order valence-electron chi connectivity index (χ1n) is 13.6. The number of aliphatic hydroxyl groups excluding tert-OH is 3. The molecule has 5 atom stereocenters. The Kier molecular flexibility index (Phi) is 6.69. The highest BCUT2D eigenvalue weighted by Crippen LogP contribution is 2.58. The Bertz CT molecular complexity index is 1620. The molecule has 0 radical (unpaired) electrons. The summed E-state index contributed by atoms with van der Waals surface area (Å²) >= 11 is 0. The van der Waals surface area contributed by atoms with E-state index in [2.05, 4.69) is 0 Å².